The number of methoxy groups -OCH3 is 2. The number of aromatic nitrogens is 2. The van der Waals surface area contributed by atoms with Crippen LogP contribution in [0.4, 0.5) is 0 Å². The summed E-state index contributed by atoms with van der Waals surface area (Å²) in [4.78, 5) is 19.3. The Morgan fingerprint density at radius 3 is 2.14 bits per heavy atom. The Hall–Kier alpha value is -2.30. The summed E-state index contributed by atoms with van der Waals surface area (Å²) >= 11 is 0. The second-order valence-corrected chi connectivity index (χ2v) is 5.77. The van der Waals surface area contributed by atoms with Crippen LogP contribution in [0.5, 0.6) is 11.5 Å². The number of hydrogen-bond acceptors (Lipinski definition) is 4. The third-order valence-corrected chi connectivity index (χ3v) is 3.14. The summed E-state index contributed by atoms with van der Waals surface area (Å²) in [7, 11) is 3.16. The van der Waals surface area contributed by atoms with Crippen LogP contribution in [0.1, 0.15) is 26.6 Å². The number of benzene rings is 1. The highest BCUT2D eigenvalue weighted by atomic mass is 16.5. The van der Waals surface area contributed by atoms with Crippen LogP contribution in [0, 0.1) is 0 Å². The van der Waals surface area contributed by atoms with Gasteiger partial charge in [0.25, 0.3) is 5.56 Å². The summed E-state index contributed by atoms with van der Waals surface area (Å²) in [6.07, 6.45) is 0. The van der Waals surface area contributed by atoms with Gasteiger partial charge in [-0.3, -0.25) is 4.79 Å². The van der Waals surface area contributed by atoms with E-state index in [0.717, 1.165) is 0 Å². The Labute approximate surface area is 124 Å². The topological polar surface area (TPSA) is 64.2 Å². The van der Waals surface area contributed by atoms with Crippen LogP contribution in [-0.4, -0.2) is 24.2 Å². The highest BCUT2D eigenvalue weighted by Crippen LogP contribution is 2.37. The second kappa shape index (κ2) is 5.60. The monoisotopic (exact) mass is 288 g/mol. The van der Waals surface area contributed by atoms with E-state index in [2.05, 4.69) is 9.97 Å². The number of hydrogen-bond donors (Lipinski definition) is 1. The third-order valence-electron chi connectivity index (χ3n) is 3.14. The van der Waals surface area contributed by atoms with Crippen LogP contribution in [0.2, 0.25) is 0 Å². The van der Waals surface area contributed by atoms with Crippen LogP contribution in [0.3, 0.4) is 0 Å². The first-order valence-electron chi connectivity index (χ1n) is 6.70. The maximum Gasteiger partial charge on any atom is 0.251 e. The Morgan fingerprint density at radius 2 is 1.67 bits per heavy atom. The minimum absolute atomic E-state index is 0.196. The van der Waals surface area contributed by atoms with Crippen LogP contribution in [0.25, 0.3) is 11.3 Å². The van der Waals surface area contributed by atoms with Crippen molar-refractivity contribution in [1.29, 1.82) is 0 Å². The molecule has 2 rings (SSSR count). The van der Waals surface area contributed by atoms with Crippen LogP contribution in [-0.2, 0) is 5.41 Å². The van der Waals surface area contributed by atoms with Gasteiger partial charge < -0.3 is 14.5 Å². The van der Waals surface area contributed by atoms with Crippen molar-refractivity contribution >= 4 is 0 Å². The minimum atomic E-state index is -0.260. The van der Waals surface area contributed by atoms with Gasteiger partial charge in [-0.15, -0.1) is 0 Å². The molecular weight excluding hydrogens is 268 g/mol. The molecule has 0 fully saturated rings. The van der Waals surface area contributed by atoms with Gasteiger partial charge in [0.2, 0.25) is 0 Å². The van der Waals surface area contributed by atoms with E-state index in [1.54, 1.807) is 14.2 Å². The molecule has 2 aromatic rings. The smallest absolute Gasteiger partial charge is 0.251 e. The zero-order valence-corrected chi connectivity index (χ0v) is 13.0. The minimum Gasteiger partial charge on any atom is -0.496 e. The second-order valence-electron chi connectivity index (χ2n) is 5.77. The molecule has 5 nitrogen and oxygen atoms in total. The normalized spacial score (nSPS) is 11.3. The Balaban J connectivity index is 2.73. The van der Waals surface area contributed by atoms with Gasteiger partial charge in [0, 0.05) is 11.5 Å². The van der Waals surface area contributed by atoms with Crippen molar-refractivity contribution in [3.8, 4) is 22.8 Å². The van der Waals surface area contributed by atoms with Gasteiger partial charge in [-0.25, -0.2) is 4.98 Å². The van der Waals surface area contributed by atoms with Crippen molar-refractivity contribution < 1.29 is 9.47 Å². The summed E-state index contributed by atoms with van der Waals surface area (Å²) in [6.45, 7) is 5.98. The molecule has 0 saturated heterocycles. The Bertz CT molecular complexity index is 677. The van der Waals surface area contributed by atoms with Gasteiger partial charge >= 0.3 is 0 Å². The van der Waals surface area contributed by atoms with E-state index in [9.17, 15) is 4.79 Å². The van der Waals surface area contributed by atoms with Crippen molar-refractivity contribution in [1.82, 2.24) is 9.97 Å². The fraction of sp³-hybridized carbons (Fsp3) is 0.375. The molecular formula is C16H20N2O3. The first kappa shape index (κ1) is 15.1. The molecule has 0 atom stereocenters. The van der Waals surface area contributed by atoms with E-state index in [-0.39, 0.29) is 11.0 Å². The summed E-state index contributed by atoms with van der Waals surface area (Å²) < 4.78 is 10.8. The average Bonchev–Trinajstić information content (AvgIpc) is 2.44. The molecule has 0 bridgehead atoms. The molecule has 1 N–H and O–H groups in total. The van der Waals surface area contributed by atoms with Gasteiger partial charge in [-0.1, -0.05) is 26.8 Å². The van der Waals surface area contributed by atoms with E-state index in [4.69, 9.17) is 9.47 Å². The van der Waals surface area contributed by atoms with Gasteiger partial charge in [0.1, 0.15) is 17.3 Å². The van der Waals surface area contributed by atoms with Crippen molar-refractivity contribution in [2.24, 2.45) is 0 Å². The molecule has 0 aliphatic heterocycles. The van der Waals surface area contributed by atoms with Gasteiger partial charge in [-0.05, 0) is 12.1 Å². The highest BCUT2D eigenvalue weighted by molar-refractivity contribution is 5.74. The molecule has 1 aromatic heterocycles. The zero-order valence-electron chi connectivity index (χ0n) is 13.0. The van der Waals surface area contributed by atoms with Crippen LogP contribution in [0.15, 0.2) is 29.1 Å². The van der Waals surface area contributed by atoms with Gasteiger partial charge in [-0.2, -0.15) is 0 Å². The predicted molar refractivity (Wildman–Crippen MR) is 82.1 cm³/mol. The molecule has 1 aromatic carbocycles. The zero-order chi connectivity index (χ0) is 15.6. The van der Waals surface area contributed by atoms with E-state index < -0.39 is 0 Å². The number of aromatic amines is 1. The van der Waals surface area contributed by atoms with E-state index in [0.29, 0.717) is 28.6 Å². The van der Waals surface area contributed by atoms with E-state index >= 15 is 0 Å². The molecule has 0 unspecified atom stereocenters. The van der Waals surface area contributed by atoms with E-state index in [1.165, 1.54) is 6.07 Å². The maximum absolute atomic E-state index is 12.0. The molecule has 0 saturated carbocycles. The largest absolute Gasteiger partial charge is 0.496 e. The highest BCUT2D eigenvalue weighted by Gasteiger charge is 2.20. The van der Waals surface area contributed by atoms with Crippen molar-refractivity contribution in [3.05, 3.63) is 40.4 Å². The van der Waals surface area contributed by atoms with E-state index in [1.807, 2.05) is 39.0 Å². The molecule has 0 aliphatic rings. The fourth-order valence-corrected chi connectivity index (χ4v) is 2.04. The lowest BCUT2D eigenvalue weighted by Crippen LogP contribution is -2.22. The molecule has 21 heavy (non-hydrogen) atoms. The van der Waals surface area contributed by atoms with Crippen LogP contribution < -0.4 is 15.0 Å². The molecule has 0 aliphatic carbocycles. The molecule has 112 valence electrons. The first-order chi connectivity index (χ1) is 9.86. The third kappa shape index (κ3) is 3.07. The number of H-pyrrole nitrogens is 1. The summed E-state index contributed by atoms with van der Waals surface area (Å²) in [5, 5.41) is 0. The lowest BCUT2D eigenvalue weighted by Gasteiger charge is -2.19. The molecule has 5 heteroatoms. The van der Waals surface area contributed by atoms with Gasteiger partial charge in [0.05, 0.1) is 25.5 Å². The average molecular weight is 288 g/mol. The molecule has 0 amide bonds. The Morgan fingerprint density at radius 1 is 1.10 bits per heavy atom. The maximum atomic E-state index is 12.0. The number of ether oxygens (including phenoxy) is 2. The lowest BCUT2D eigenvalue weighted by atomic mass is 9.95. The standard InChI is InChI=1S/C16H20N2O3/c1-16(2,3)15-17-10(9-13(19)18-15)14-11(20-4)7-6-8-12(14)21-5/h6-9H,1-5H3,(H,17,18,19). The molecule has 0 spiro atoms. The molecule has 0 radical (unpaired) electrons. The number of nitrogens with one attached hydrogen (secondary N) is 1. The number of rotatable bonds is 3. The summed E-state index contributed by atoms with van der Waals surface area (Å²) in [5.74, 6) is 1.86. The summed E-state index contributed by atoms with van der Waals surface area (Å²) in [6, 6.07) is 6.92. The fourth-order valence-electron chi connectivity index (χ4n) is 2.04. The van der Waals surface area contributed by atoms with Crippen molar-refractivity contribution in [2.45, 2.75) is 26.2 Å². The van der Waals surface area contributed by atoms with Crippen molar-refractivity contribution in [3.63, 3.8) is 0 Å². The summed E-state index contributed by atoms with van der Waals surface area (Å²) in [5.41, 5.74) is 0.764. The van der Waals surface area contributed by atoms with Crippen LogP contribution >= 0.6 is 0 Å². The number of nitrogens with zero attached hydrogens (tertiary/aromatic N) is 1. The first-order valence-corrected chi connectivity index (χ1v) is 6.70. The molecule has 1 heterocycles. The predicted octanol–water partition coefficient (Wildman–Crippen LogP) is 2.75. The SMILES string of the molecule is COc1cccc(OC)c1-c1cc(=O)[nH]c(C(C)(C)C)n1. The van der Waals surface area contributed by atoms with Gasteiger partial charge in [0.15, 0.2) is 0 Å². The Kier molecular flexibility index (Phi) is 4.02. The quantitative estimate of drug-likeness (QED) is 0.943. The van der Waals surface area contributed by atoms with Crippen molar-refractivity contribution in [2.75, 3.05) is 14.2 Å². The lowest BCUT2D eigenvalue weighted by molar-refractivity contribution is 0.397.